The van der Waals surface area contributed by atoms with Gasteiger partial charge in [-0.1, -0.05) is 50.2 Å². The molecule has 3 aromatic rings. The number of amides is 1. The number of methoxy groups -OCH3 is 1. The lowest BCUT2D eigenvalue weighted by Crippen LogP contribution is -2.29. The molecule has 3 aromatic carbocycles. The number of rotatable bonds is 8. The molecule has 1 amide bonds. The van der Waals surface area contributed by atoms with Crippen molar-refractivity contribution in [2.45, 2.75) is 39.7 Å². The van der Waals surface area contributed by atoms with Gasteiger partial charge in [-0.25, -0.2) is 0 Å². The summed E-state index contributed by atoms with van der Waals surface area (Å²) in [5, 5.41) is 11.4. The summed E-state index contributed by atoms with van der Waals surface area (Å²) >= 11 is 0. The molecule has 1 aliphatic rings. The van der Waals surface area contributed by atoms with Crippen LogP contribution in [0.1, 0.15) is 56.3 Å². The lowest BCUT2D eigenvalue weighted by atomic mass is 9.94. The van der Waals surface area contributed by atoms with Crippen LogP contribution in [0.5, 0.6) is 5.75 Å². The van der Waals surface area contributed by atoms with Gasteiger partial charge >= 0.3 is 0 Å². The lowest BCUT2D eigenvalue weighted by Gasteiger charge is -2.27. The van der Waals surface area contributed by atoms with E-state index in [9.17, 15) is 14.7 Å². The molecular weight excluding hydrogens is 464 g/mol. The summed E-state index contributed by atoms with van der Waals surface area (Å²) in [6.45, 7) is 10.1. The summed E-state index contributed by atoms with van der Waals surface area (Å²) in [5.74, 6) is -0.731. The molecule has 6 heteroatoms. The van der Waals surface area contributed by atoms with E-state index in [-0.39, 0.29) is 11.3 Å². The molecule has 1 atom stereocenters. The monoisotopic (exact) mass is 498 g/mol. The topological polar surface area (TPSA) is 70.1 Å². The van der Waals surface area contributed by atoms with E-state index < -0.39 is 17.7 Å². The maximum Gasteiger partial charge on any atom is 0.300 e. The molecule has 0 saturated carbocycles. The first-order valence-electron chi connectivity index (χ1n) is 12.7. The van der Waals surface area contributed by atoms with Crippen molar-refractivity contribution in [1.29, 1.82) is 0 Å². The number of hydrogen-bond acceptors (Lipinski definition) is 5. The second kappa shape index (κ2) is 10.9. The minimum absolute atomic E-state index is 0.0572. The van der Waals surface area contributed by atoms with Crippen LogP contribution in [-0.4, -0.2) is 37.0 Å². The third-order valence-electron chi connectivity index (χ3n) is 6.96. The highest BCUT2D eigenvalue weighted by Gasteiger charge is 2.47. The molecule has 1 unspecified atom stereocenters. The summed E-state index contributed by atoms with van der Waals surface area (Å²) in [6, 6.07) is 21.6. The van der Waals surface area contributed by atoms with Crippen LogP contribution in [0.2, 0.25) is 0 Å². The summed E-state index contributed by atoms with van der Waals surface area (Å²) in [5.41, 5.74) is 4.01. The van der Waals surface area contributed by atoms with E-state index in [0.717, 1.165) is 29.9 Å². The zero-order chi connectivity index (χ0) is 26.7. The first-order chi connectivity index (χ1) is 17.8. The van der Waals surface area contributed by atoms with Crippen molar-refractivity contribution >= 4 is 28.8 Å². The van der Waals surface area contributed by atoms with E-state index in [4.69, 9.17) is 4.74 Å². The zero-order valence-corrected chi connectivity index (χ0v) is 22.1. The Morgan fingerprint density at radius 1 is 0.973 bits per heavy atom. The molecule has 0 bridgehead atoms. The Balaban J connectivity index is 1.88. The second-order valence-corrected chi connectivity index (χ2v) is 9.41. The van der Waals surface area contributed by atoms with Gasteiger partial charge in [-0.2, -0.15) is 0 Å². The number of anilines is 2. The quantitative estimate of drug-likeness (QED) is 0.224. The number of ketones is 1. The highest BCUT2D eigenvalue weighted by molar-refractivity contribution is 6.51. The standard InChI is InChI=1S/C31H34N2O4/c1-6-32(7-2)24-15-13-22(14-16-24)28-27(29(34)23-9-8-10-26(19-23)37-5)30(35)31(36)33(28)25-17-11-21(12-18-25)20(3)4/h8-20,28,34H,6-7H2,1-5H3/b29-27-. The number of carbonyl (C=O) groups is 2. The average Bonchev–Trinajstić information content (AvgIpc) is 3.19. The molecule has 1 fully saturated rings. The summed E-state index contributed by atoms with van der Waals surface area (Å²) < 4.78 is 5.30. The molecule has 1 heterocycles. The van der Waals surface area contributed by atoms with Gasteiger partial charge in [0.1, 0.15) is 11.5 Å². The third-order valence-corrected chi connectivity index (χ3v) is 6.96. The van der Waals surface area contributed by atoms with E-state index in [2.05, 4.69) is 32.6 Å². The Kier molecular flexibility index (Phi) is 7.67. The van der Waals surface area contributed by atoms with Crippen molar-refractivity contribution < 1.29 is 19.4 Å². The lowest BCUT2D eigenvalue weighted by molar-refractivity contribution is -0.132. The number of benzene rings is 3. The van der Waals surface area contributed by atoms with Crippen molar-refractivity contribution in [2.24, 2.45) is 0 Å². The normalized spacial score (nSPS) is 16.9. The summed E-state index contributed by atoms with van der Waals surface area (Å²) in [6.07, 6.45) is 0. The van der Waals surface area contributed by atoms with Crippen LogP contribution < -0.4 is 14.5 Å². The number of nitrogens with zero attached hydrogens (tertiary/aromatic N) is 2. The van der Waals surface area contributed by atoms with E-state index in [0.29, 0.717) is 22.9 Å². The van der Waals surface area contributed by atoms with Crippen LogP contribution in [-0.2, 0) is 9.59 Å². The average molecular weight is 499 g/mol. The molecule has 4 rings (SSSR count). The van der Waals surface area contributed by atoms with Crippen molar-refractivity contribution in [3.8, 4) is 5.75 Å². The van der Waals surface area contributed by atoms with E-state index in [1.54, 1.807) is 24.3 Å². The first-order valence-corrected chi connectivity index (χ1v) is 12.7. The smallest absolute Gasteiger partial charge is 0.300 e. The van der Waals surface area contributed by atoms with Gasteiger partial charge in [-0.15, -0.1) is 0 Å². The maximum atomic E-state index is 13.4. The van der Waals surface area contributed by atoms with Crippen LogP contribution in [0.3, 0.4) is 0 Å². The fourth-order valence-electron chi connectivity index (χ4n) is 4.82. The van der Waals surface area contributed by atoms with Gasteiger partial charge in [0.2, 0.25) is 0 Å². The van der Waals surface area contributed by atoms with Gasteiger partial charge in [0.25, 0.3) is 11.7 Å². The van der Waals surface area contributed by atoms with E-state index in [1.807, 2.05) is 48.5 Å². The third kappa shape index (κ3) is 4.96. The Morgan fingerprint density at radius 2 is 1.62 bits per heavy atom. The highest BCUT2D eigenvalue weighted by atomic mass is 16.5. The Bertz CT molecular complexity index is 1310. The fourth-order valence-corrected chi connectivity index (χ4v) is 4.82. The Hall–Kier alpha value is -4.06. The van der Waals surface area contributed by atoms with Gasteiger partial charge < -0.3 is 14.7 Å². The van der Waals surface area contributed by atoms with Crippen molar-refractivity contribution in [3.05, 3.63) is 95.1 Å². The molecule has 1 N–H and O–H groups in total. The predicted octanol–water partition coefficient (Wildman–Crippen LogP) is 6.29. The van der Waals surface area contributed by atoms with Crippen LogP contribution in [0.4, 0.5) is 11.4 Å². The summed E-state index contributed by atoms with van der Waals surface area (Å²) in [7, 11) is 1.54. The van der Waals surface area contributed by atoms with Gasteiger partial charge in [-0.05, 0) is 67.3 Å². The zero-order valence-electron chi connectivity index (χ0n) is 22.1. The maximum absolute atomic E-state index is 13.4. The largest absolute Gasteiger partial charge is 0.507 e. The predicted molar refractivity (Wildman–Crippen MR) is 148 cm³/mol. The van der Waals surface area contributed by atoms with Crippen LogP contribution >= 0.6 is 0 Å². The fraction of sp³-hybridized carbons (Fsp3) is 0.290. The molecule has 1 aliphatic heterocycles. The van der Waals surface area contributed by atoms with Crippen LogP contribution in [0.25, 0.3) is 5.76 Å². The first kappa shape index (κ1) is 26.0. The number of ether oxygens (including phenoxy) is 1. The van der Waals surface area contributed by atoms with E-state index in [1.165, 1.54) is 12.0 Å². The van der Waals surface area contributed by atoms with Crippen molar-refractivity contribution in [2.75, 3.05) is 30.0 Å². The molecule has 192 valence electrons. The number of hydrogen-bond donors (Lipinski definition) is 1. The Morgan fingerprint density at radius 3 is 2.19 bits per heavy atom. The molecule has 0 radical (unpaired) electrons. The highest BCUT2D eigenvalue weighted by Crippen LogP contribution is 2.43. The van der Waals surface area contributed by atoms with Crippen molar-refractivity contribution in [3.63, 3.8) is 0 Å². The van der Waals surface area contributed by atoms with E-state index >= 15 is 0 Å². The summed E-state index contributed by atoms with van der Waals surface area (Å²) in [4.78, 5) is 30.6. The second-order valence-electron chi connectivity index (χ2n) is 9.41. The van der Waals surface area contributed by atoms with Gasteiger partial charge in [0.15, 0.2) is 0 Å². The Labute approximate surface area is 218 Å². The molecule has 0 spiro atoms. The van der Waals surface area contributed by atoms with Crippen LogP contribution in [0.15, 0.2) is 78.4 Å². The number of carbonyl (C=O) groups excluding carboxylic acids is 2. The van der Waals surface area contributed by atoms with Crippen LogP contribution in [0, 0.1) is 0 Å². The molecule has 37 heavy (non-hydrogen) atoms. The molecule has 0 aromatic heterocycles. The van der Waals surface area contributed by atoms with Gasteiger partial charge in [-0.3, -0.25) is 14.5 Å². The molecule has 0 aliphatic carbocycles. The minimum Gasteiger partial charge on any atom is -0.507 e. The number of Topliss-reactive ketones (excluding diaryl/α,β-unsaturated/α-hetero) is 1. The number of aliphatic hydroxyl groups excluding tert-OH is 1. The van der Waals surface area contributed by atoms with Crippen molar-refractivity contribution in [1.82, 2.24) is 0 Å². The van der Waals surface area contributed by atoms with Gasteiger partial charge in [0, 0.05) is 30.0 Å². The molecular formula is C31H34N2O4. The van der Waals surface area contributed by atoms with Gasteiger partial charge in [0.05, 0.1) is 18.7 Å². The molecule has 1 saturated heterocycles. The number of aliphatic hydroxyl groups is 1. The molecule has 6 nitrogen and oxygen atoms in total. The SMILES string of the molecule is CCN(CC)c1ccc(C2/C(=C(/O)c3cccc(OC)c3)C(=O)C(=O)N2c2ccc(C(C)C)cc2)cc1. The minimum atomic E-state index is -0.776.